The Labute approximate surface area is 127 Å². The third kappa shape index (κ3) is 4.40. The maximum atomic E-state index is 12.3. The van der Waals surface area contributed by atoms with Gasteiger partial charge in [-0.05, 0) is 38.8 Å². The number of piperidine rings is 1. The monoisotopic (exact) mass is 317 g/mol. The predicted molar refractivity (Wildman–Crippen MR) is 82.4 cm³/mol. The molecule has 7 heteroatoms. The highest BCUT2D eigenvalue weighted by Gasteiger charge is 2.31. The molecule has 2 atom stereocenters. The van der Waals surface area contributed by atoms with E-state index in [4.69, 9.17) is 0 Å². The average molecular weight is 317 g/mol. The predicted octanol–water partition coefficient (Wildman–Crippen LogP) is 0.259. The number of nitrogens with zero attached hydrogens (tertiary/aromatic N) is 2. The Kier molecular flexibility index (Phi) is 5.62. The summed E-state index contributed by atoms with van der Waals surface area (Å²) < 4.78 is 24.6. The van der Waals surface area contributed by atoms with Gasteiger partial charge in [0.1, 0.15) is 0 Å². The Bertz CT molecular complexity index is 466. The molecule has 2 aliphatic heterocycles. The molecule has 0 bridgehead atoms. The fraction of sp³-hybridized carbons (Fsp3) is 0.929. The molecule has 0 aromatic carbocycles. The average Bonchev–Trinajstić information content (AvgIpc) is 2.91. The van der Waals surface area contributed by atoms with Gasteiger partial charge in [0.25, 0.3) is 0 Å². The lowest BCUT2D eigenvalue weighted by Gasteiger charge is -2.31. The molecule has 2 heterocycles. The summed E-state index contributed by atoms with van der Waals surface area (Å²) in [5.41, 5.74) is 0. The van der Waals surface area contributed by atoms with E-state index in [1.54, 1.807) is 0 Å². The van der Waals surface area contributed by atoms with E-state index in [0.717, 1.165) is 32.4 Å². The SMILES string of the molecule is CCN1CCCC1CNC(=O)C1CCCN(S(C)(=O)=O)C1. The number of hydrogen-bond acceptors (Lipinski definition) is 4. The zero-order chi connectivity index (χ0) is 15.5. The Hall–Kier alpha value is -0.660. The topological polar surface area (TPSA) is 69.7 Å². The van der Waals surface area contributed by atoms with E-state index >= 15 is 0 Å². The third-order valence-electron chi connectivity index (χ3n) is 4.64. The van der Waals surface area contributed by atoms with Crippen LogP contribution in [-0.2, 0) is 14.8 Å². The van der Waals surface area contributed by atoms with Crippen molar-refractivity contribution in [2.24, 2.45) is 5.92 Å². The van der Waals surface area contributed by atoms with Gasteiger partial charge in [0.05, 0.1) is 12.2 Å². The largest absolute Gasteiger partial charge is 0.354 e. The highest BCUT2D eigenvalue weighted by atomic mass is 32.2. The molecule has 122 valence electrons. The van der Waals surface area contributed by atoms with Crippen LogP contribution in [-0.4, -0.2) is 68.6 Å². The summed E-state index contributed by atoms with van der Waals surface area (Å²) in [5.74, 6) is -0.198. The Morgan fingerprint density at radius 1 is 1.24 bits per heavy atom. The molecule has 2 rings (SSSR count). The molecule has 21 heavy (non-hydrogen) atoms. The molecule has 0 aromatic heterocycles. The van der Waals surface area contributed by atoms with Crippen LogP contribution >= 0.6 is 0 Å². The third-order valence-corrected chi connectivity index (χ3v) is 5.91. The molecule has 2 fully saturated rings. The molecular weight excluding hydrogens is 290 g/mol. The highest BCUT2D eigenvalue weighted by Crippen LogP contribution is 2.20. The van der Waals surface area contributed by atoms with Crippen molar-refractivity contribution in [2.45, 2.75) is 38.6 Å². The molecule has 0 saturated carbocycles. The second-order valence-corrected chi connectivity index (χ2v) is 8.11. The van der Waals surface area contributed by atoms with Crippen LogP contribution in [0.15, 0.2) is 0 Å². The summed E-state index contributed by atoms with van der Waals surface area (Å²) in [4.78, 5) is 14.7. The van der Waals surface area contributed by atoms with Gasteiger partial charge in [-0.25, -0.2) is 12.7 Å². The van der Waals surface area contributed by atoms with Crippen molar-refractivity contribution in [1.29, 1.82) is 0 Å². The first kappa shape index (κ1) is 16.7. The number of carbonyl (C=O) groups excluding carboxylic acids is 1. The van der Waals surface area contributed by atoms with E-state index in [-0.39, 0.29) is 11.8 Å². The lowest BCUT2D eigenvalue weighted by molar-refractivity contribution is -0.126. The van der Waals surface area contributed by atoms with Crippen molar-refractivity contribution in [3.63, 3.8) is 0 Å². The van der Waals surface area contributed by atoms with Gasteiger partial charge < -0.3 is 5.32 Å². The maximum absolute atomic E-state index is 12.3. The standard InChI is InChI=1S/C14H27N3O3S/c1-3-16-8-5-7-13(16)10-15-14(18)12-6-4-9-17(11-12)21(2,19)20/h12-13H,3-11H2,1-2H3,(H,15,18). The Morgan fingerprint density at radius 2 is 1.95 bits per heavy atom. The van der Waals surface area contributed by atoms with Crippen molar-refractivity contribution >= 4 is 15.9 Å². The van der Waals surface area contributed by atoms with E-state index in [9.17, 15) is 13.2 Å². The molecule has 2 aliphatic rings. The van der Waals surface area contributed by atoms with Crippen LogP contribution in [0.1, 0.15) is 32.6 Å². The van der Waals surface area contributed by atoms with E-state index in [2.05, 4.69) is 17.1 Å². The summed E-state index contributed by atoms with van der Waals surface area (Å²) >= 11 is 0. The van der Waals surface area contributed by atoms with Crippen molar-refractivity contribution in [3.05, 3.63) is 0 Å². The van der Waals surface area contributed by atoms with Gasteiger partial charge in [-0.15, -0.1) is 0 Å². The smallest absolute Gasteiger partial charge is 0.224 e. The molecule has 0 spiro atoms. The number of carbonyl (C=O) groups is 1. The number of rotatable bonds is 5. The molecule has 6 nitrogen and oxygen atoms in total. The molecule has 2 unspecified atom stereocenters. The van der Waals surface area contributed by atoms with Gasteiger partial charge >= 0.3 is 0 Å². The van der Waals surface area contributed by atoms with Crippen LogP contribution in [0.25, 0.3) is 0 Å². The highest BCUT2D eigenvalue weighted by molar-refractivity contribution is 7.88. The molecule has 2 saturated heterocycles. The fourth-order valence-corrected chi connectivity index (χ4v) is 4.27. The van der Waals surface area contributed by atoms with Gasteiger partial charge in [-0.1, -0.05) is 6.92 Å². The first-order valence-corrected chi connectivity index (χ1v) is 9.73. The quantitative estimate of drug-likeness (QED) is 0.789. The molecule has 1 N–H and O–H groups in total. The molecule has 0 radical (unpaired) electrons. The minimum absolute atomic E-state index is 0.00584. The Balaban J connectivity index is 1.83. The molecule has 0 aromatic rings. The lowest BCUT2D eigenvalue weighted by Crippen LogP contribution is -2.47. The maximum Gasteiger partial charge on any atom is 0.224 e. The van der Waals surface area contributed by atoms with Crippen molar-refractivity contribution in [1.82, 2.24) is 14.5 Å². The number of likely N-dealkylation sites (N-methyl/N-ethyl adjacent to an activating group) is 1. The van der Waals surface area contributed by atoms with Gasteiger partial charge in [0.15, 0.2) is 0 Å². The first-order valence-electron chi connectivity index (χ1n) is 7.88. The second-order valence-electron chi connectivity index (χ2n) is 6.13. The first-order chi connectivity index (χ1) is 9.91. The minimum atomic E-state index is -3.19. The zero-order valence-corrected chi connectivity index (χ0v) is 13.9. The summed E-state index contributed by atoms with van der Waals surface area (Å²) in [6, 6.07) is 0.438. The van der Waals surface area contributed by atoms with Gasteiger partial charge in [-0.3, -0.25) is 9.69 Å². The van der Waals surface area contributed by atoms with Crippen LogP contribution in [0.3, 0.4) is 0 Å². The number of hydrogen-bond donors (Lipinski definition) is 1. The number of likely N-dealkylation sites (tertiary alicyclic amines) is 1. The Morgan fingerprint density at radius 3 is 2.62 bits per heavy atom. The van der Waals surface area contributed by atoms with Gasteiger partial charge in [-0.2, -0.15) is 0 Å². The van der Waals surface area contributed by atoms with E-state index in [0.29, 0.717) is 25.7 Å². The van der Waals surface area contributed by atoms with Crippen LogP contribution < -0.4 is 5.32 Å². The van der Waals surface area contributed by atoms with Gasteiger partial charge in [0.2, 0.25) is 15.9 Å². The number of amides is 1. The number of nitrogens with one attached hydrogen (secondary N) is 1. The summed E-state index contributed by atoms with van der Waals surface area (Å²) in [6.07, 6.45) is 5.08. The lowest BCUT2D eigenvalue weighted by atomic mass is 9.98. The summed E-state index contributed by atoms with van der Waals surface area (Å²) in [6.45, 7) is 5.82. The van der Waals surface area contributed by atoms with Crippen molar-refractivity contribution in [2.75, 3.05) is 39.0 Å². The molecule has 0 aliphatic carbocycles. The second kappa shape index (κ2) is 7.07. The van der Waals surface area contributed by atoms with Crippen molar-refractivity contribution in [3.8, 4) is 0 Å². The van der Waals surface area contributed by atoms with E-state index in [1.807, 2.05) is 0 Å². The summed E-state index contributed by atoms with van der Waals surface area (Å²) in [5, 5.41) is 3.03. The van der Waals surface area contributed by atoms with E-state index in [1.165, 1.54) is 17.0 Å². The molecule has 1 amide bonds. The van der Waals surface area contributed by atoms with Gasteiger partial charge in [0, 0.05) is 25.7 Å². The fourth-order valence-electron chi connectivity index (χ4n) is 3.36. The zero-order valence-electron chi connectivity index (χ0n) is 13.0. The molecular formula is C14H27N3O3S. The minimum Gasteiger partial charge on any atom is -0.354 e. The van der Waals surface area contributed by atoms with Crippen LogP contribution in [0.2, 0.25) is 0 Å². The van der Waals surface area contributed by atoms with Crippen LogP contribution in [0.5, 0.6) is 0 Å². The normalized spacial score (nSPS) is 28.7. The van der Waals surface area contributed by atoms with Crippen molar-refractivity contribution < 1.29 is 13.2 Å². The summed E-state index contributed by atoms with van der Waals surface area (Å²) in [7, 11) is -3.19. The number of sulfonamides is 1. The van der Waals surface area contributed by atoms with E-state index < -0.39 is 10.0 Å². The van der Waals surface area contributed by atoms with Crippen LogP contribution in [0, 0.1) is 5.92 Å². The van der Waals surface area contributed by atoms with Crippen LogP contribution in [0.4, 0.5) is 0 Å².